The highest BCUT2D eigenvalue weighted by atomic mass is 16.4. The lowest BCUT2D eigenvalue weighted by molar-refractivity contribution is 0.465. The first kappa shape index (κ1) is 12.3. The number of aromatic hydroxyl groups is 1. The van der Waals surface area contributed by atoms with Crippen molar-refractivity contribution >= 4 is 16.8 Å². The Balaban J connectivity index is 1.89. The van der Waals surface area contributed by atoms with Crippen LogP contribution in [0.3, 0.4) is 0 Å². The lowest BCUT2D eigenvalue weighted by Gasteiger charge is -2.16. The van der Waals surface area contributed by atoms with Crippen molar-refractivity contribution in [3.63, 3.8) is 0 Å². The van der Waals surface area contributed by atoms with Crippen LogP contribution in [0.5, 0.6) is 5.75 Å². The summed E-state index contributed by atoms with van der Waals surface area (Å²) in [5, 5.41) is 13.1. The lowest BCUT2D eigenvalue weighted by Crippen LogP contribution is -2.06. The van der Waals surface area contributed by atoms with Gasteiger partial charge in [-0.25, -0.2) is 4.79 Å². The number of phenols is 1. The van der Waals surface area contributed by atoms with Crippen LogP contribution in [-0.2, 0) is 0 Å². The number of aromatic amines is 1. The van der Waals surface area contributed by atoms with Crippen LogP contribution in [0, 0.1) is 0 Å². The molecule has 5 nitrogen and oxygen atoms in total. The molecule has 5 heteroatoms. The summed E-state index contributed by atoms with van der Waals surface area (Å²) in [5.41, 5.74) is 2.82. The Labute approximate surface area is 114 Å². The number of nitrogens with one attached hydrogen (secondary N) is 2. The van der Waals surface area contributed by atoms with Gasteiger partial charge in [0.05, 0.1) is 11.6 Å². The summed E-state index contributed by atoms with van der Waals surface area (Å²) in [6.45, 7) is 1.96. The van der Waals surface area contributed by atoms with E-state index in [1.165, 1.54) is 0 Å². The normalized spacial score (nSPS) is 12.4. The maximum atomic E-state index is 11.1. The zero-order valence-electron chi connectivity index (χ0n) is 10.9. The highest BCUT2D eigenvalue weighted by Gasteiger charge is 2.10. The van der Waals surface area contributed by atoms with E-state index in [2.05, 4.69) is 10.3 Å². The summed E-state index contributed by atoms with van der Waals surface area (Å²) >= 11 is 0. The number of phenolic OH excluding ortho intramolecular Hbond substituents is 1. The summed E-state index contributed by atoms with van der Waals surface area (Å²) in [5.74, 6) is -0.212. The van der Waals surface area contributed by atoms with Crippen LogP contribution in [0.2, 0.25) is 0 Å². The average Bonchev–Trinajstić information content (AvgIpc) is 2.78. The fourth-order valence-corrected chi connectivity index (χ4v) is 2.22. The molecule has 1 unspecified atom stereocenters. The molecule has 0 saturated carbocycles. The van der Waals surface area contributed by atoms with Crippen LogP contribution in [0.25, 0.3) is 11.1 Å². The number of aromatic nitrogens is 1. The van der Waals surface area contributed by atoms with Crippen molar-refractivity contribution in [3.8, 4) is 5.75 Å². The minimum atomic E-state index is -0.467. The minimum Gasteiger partial charge on any atom is -0.508 e. The SMILES string of the molecule is CC(Nc1ccc2oc(=O)[nH]c2c1)c1ccccc1O. The van der Waals surface area contributed by atoms with Gasteiger partial charge in [0.25, 0.3) is 0 Å². The molecule has 1 atom stereocenters. The summed E-state index contributed by atoms with van der Waals surface area (Å²) in [4.78, 5) is 13.7. The molecule has 1 aromatic heterocycles. The molecule has 0 bridgehead atoms. The highest BCUT2D eigenvalue weighted by molar-refractivity contribution is 5.76. The first-order valence-corrected chi connectivity index (χ1v) is 6.31. The summed E-state index contributed by atoms with van der Waals surface area (Å²) in [6.07, 6.45) is 0. The molecular weight excluding hydrogens is 256 g/mol. The van der Waals surface area contributed by atoms with Crippen molar-refractivity contribution < 1.29 is 9.52 Å². The number of rotatable bonds is 3. The Hall–Kier alpha value is -2.69. The topological polar surface area (TPSA) is 78.3 Å². The standard InChI is InChI=1S/C15H14N2O3/c1-9(11-4-2-3-5-13(11)18)16-10-6-7-14-12(8-10)17-15(19)20-14/h2-9,16,18H,1H3,(H,17,19). The van der Waals surface area contributed by atoms with Gasteiger partial charge in [0.1, 0.15) is 5.75 Å². The van der Waals surface area contributed by atoms with Crippen molar-refractivity contribution in [3.05, 3.63) is 58.6 Å². The molecule has 102 valence electrons. The third-order valence-corrected chi connectivity index (χ3v) is 3.21. The van der Waals surface area contributed by atoms with E-state index in [4.69, 9.17) is 4.42 Å². The Morgan fingerprint density at radius 2 is 2.05 bits per heavy atom. The molecule has 0 fully saturated rings. The maximum absolute atomic E-state index is 11.1. The monoisotopic (exact) mass is 270 g/mol. The molecule has 0 radical (unpaired) electrons. The molecule has 3 aromatic rings. The van der Waals surface area contributed by atoms with Gasteiger partial charge in [0, 0.05) is 11.3 Å². The molecule has 0 aliphatic carbocycles. The number of anilines is 1. The smallest absolute Gasteiger partial charge is 0.417 e. The molecule has 0 spiro atoms. The Bertz CT molecular complexity index is 804. The van der Waals surface area contributed by atoms with Crippen molar-refractivity contribution in [2.75, 3.05) is 5.32 Å². The van der Waals surface area contributed by atoms with Crippen molar-refractivity contribution in [2.24, 2.45) is 0 Å². The second-order valence-corrected chi connectivity index (χ2v) is 4.65. The molecule has 0 aliphatic rings. The number of hydrogen-bond donors (Lipinski definition) is 3. The summed E-state index contributed by atoms with van der Waals surface area (Å²) < 4.78 is 4.95. The van der Waals surface area contributed by atoms with E-state index >= 15 is 0 Å². The first-order chi connectivity index (χ1) is 9.63. The average molecular weight is 270 g/mol. The van der Waals surface area contributed by atoms with Crippen molar-refractivity contribution in [2.45, 2.75) is 13.0 Å². The number of para-hydroxylation sites is 1. The van der Waals surface area contributed by atoms with Gasteiger partial charge in [-0.3, -0.25) is 4.98 Å². The maximum Gasteiger partial charge on any atom is 0.417 e. The third kappa shape index (κ3) is 2.25. The molecular formula is C15H14N2O3. The van der Waals surface area contributed by atoms with Crippen LogP contribution in [-0.4, -0.2) is 10.1 Å². The first-order valence-electron chi connectivity index (χ1n) is 6.31. The molecule has 20 heavy (non-hydrogen) atoms. The number of hydrogen-bond acceptors (Lipinski definition) is 4. The number of H-pyrrole nitrogens is 1. The molecule has 0 aliphatic heterocycles. The number of fused-ring (bicyclic) bond motifs is 1. The molecule has 3 rings (SSSR count). The van der Waals surface area contributed by atoms with Gasteiger partial charge in [-0.15, -0.1) is 0 Å². The van der Waals surface area contributed by atoms with Crippen LogP contribution < -0.4 is 11.1 Å². The van der Waals surface area contributed by atoms with E-state index < -0.39 is 5.76 Å². The number of benzene rings is 2. The lowest BCUT2D eigenvalue weighted by atomic mass is 10.1. The van der Waals surface area contributed by atoms with E-state index in [0.29, 0.717) is 11.1 Å². The van der Waals surface area contributed by atoms with Crippen molar-refractivity contribution in [1.82, 2.24) is 4.98 Å². The van der Waals surface area contributed by atoms with Gasteiger partial charge in [-0.1, -0.05) is 18.2 Å². The van der Waals surface area contributed by atoms with Gasteiger partial charge >= 0.3 is 5.76 Å². The largest absolute Gasteiger partial charge is 0.508 e. The van der Waals surface area contributed by atoms with E-state index in [9.17, 15) is 9.90 Å². The Morgan fingerprint density at radius 3 is 2.85 bits per heavy atom. The van der Waals surface area contributed by atoms with Crippen LogP contribution in [0.4, 0.5) is 5.69 Å². The predicted molar refractivity (Wildman–Crippen MR) is 77.0 cm³/mol. The van der Waals surface area contributed by atoms with Gasteiger partial charge in [0.15, 0.2) is 5.58 Å². The molecule has 0 saturated heterocycles. The van der Waals surface area contributed by atoms with E-state index in [1.54, 1.807) is 24.3 Å². The van der Waals surface area contributed by atoms with Gasteiger partial charge in [-0.2, -0.15) is 0 Å². The minimum absolute atomic E-state index is 0.0627. The van der Waals surface area contributed by atoms with Crippen LogP contribution in [0.1, 0.15) is 18.5 Å². The molecule has 3 N–H and O–H groups in total. The zero-order valence-corrected chi connectivity index (χ0v) is 10.9. The highest BCUT2D eigenvalue weighted by Crippen LogP contribution is 2.27. The second kappa shape index (κ2) is 4.77. The Morgan fingerprint density at radius 1 is 1.25 bits per heavy atom. The van der Waals surface area contributed by atoms with E-state index in [0.717, 1.165) is 11.3 Å². The van der Waals surface area contributed by atoms with E-state index in [-0.39, 0.29) is 11.8 Å². The van der Waals surface area contributed by atoms with E-state index in [1.807, 2.05) is 25.1 Å². The molecule has 1 heterocycles. The summed E-state index contributed by atoms with van der Waals surface area (Å²) in [6, 6.07) is 12.5. The van der Waals surface area contributed by atoms with Gasteiger partial charge < -0.3 is 14.8 Å². The molecule has 0 amide bonds. The fraction of sp³-hybridized carbons (Fsp3) is 0.133. The summed E-state index contributed by atoms with van der Waals surface area (Å²) in [7, 11) is 0. The van der Waals surface area contributed by atoms with Crippen LogP contribution >= 0.6 is 0 Å². The zero-order chi connectivity index (χ0) is 14.1. The quantitative estimate of drug-likeness (QED) is 0.683. The van der Waals surface area contributed by atoms with Gasteiger partial charge in [-0.05, 0) is 31.2 Å². The predicted octanol–water partition coefficient (Wildman–Crippen LogP) is 3.00. The second-order valence-electron chi connectivity index (χ2n) is 4.65. The van der Waals surface area contributed by atoms with Crippen molar-refractivity contribution in [1.29, 1.82) is 0 Å². The molecule has 2 aromatic carbocycles. The number of oxazole rings is 1. The fourth-order valence-electron chi connectivity index (χ4n) is 2.22. The third-order valence-electron chi connectivity index (χ3n) is 3.21. The Kier molecular flexibility index (Phi) is 2.95. The van der Waals surface area contributed by atoms with Gasteiger partial charge in [0.2, 0.25) is 0 Å². The van der Waals surface area contributed by atoms with Crippen LogP contribution in [0.15, 0.2) is 51.7 Å².